The van der Waals surface area contributed by atoms with E-state index in [0.29, 0.717) is 37.2 Å². The van der Waals surface area contributed by atoms with E-state index in [1.165, 1.54) is 0 Å². The number of nitrogens with two attached hydrogens (primary N) is 1. The third kappa shape index (κ3) is 5.46. The predicted molar refractivity (Wildman–Crippen MR) is 84.2 cm³/mol. The summed E-state index contributed by atoms with van der Waals surface area (Å²) in [5.41, 5.74) is 7.58. The van der Waals surface area contributed by atoms with Crippen molar-refractivity contribution in [3.05, 3.63) is 35.7 Å². The fourth-order valence-corrected chi connectivity index (χ4v) is 1.74. The van der Waals surface area contributed by atoms with Gasteiger partial charge in [0.25, 0.3) is 0 Å². The van der Waals surface area contributed by atoms with Crippen LogP contribution < -0.4 is 5.73 Å². The Morgan fingerprint density at radius 1 is 1.24 bits per heavy atom. The Morgan fingerprint density at radius 2 is 1.95 bits per heavy atom. The van der Waals surface area contributed by atoms with Gasteiger partial charge < -0.3 is 15.0 Å². The molecule has 0 amide bonds. The molecule has 2 rings (SSSR count). The molecule has 0 aliphatic rings. The minimum atomic E-state index is 0. The van der Waals surface area contributed by atoms with Gasteiger partial charge in [-0.2, -0.15) is 4.98 Å². The summed E-state index contributed by atoms with van der Waals surface area (Å²) in [6.45, 7) is 6.13. The average Bonchev–Trinajstić information content (AvgIpc) is 2.92. The molecule has 0 unspecified atom stereocenters. The van der Waals surface area contributed by atoms with Gasteiger partial charge in [-0.1, -0.05) is 43.3 Å². The minimum Gasteiger partial charge on any atom is -0.381 e. The Hall–Kier alpha value is -1.43. The van der Waals surface area contributed by atoms with Crippen LogP contribution in [-0.2, 0) is 17.7 Å². The average molecular weight is 312 g/mol. The Kier molecular flexibility index (Phi) is 7.36. The second-order valence-electron chi connectivity index (χ2n) is 5.13. The van der Waals surface area contributed by atoms with Crippen LogP contribution in [0.5, 0.6) is 0 Å². The molecule has 116 valence electrons. The molecule has 1 aromatic carbocycles. The Labute approximate surface area is 131 Å². The molecule has 0 bridgehead atoms. The highest BCUT2D eigenvalue weighted by molar-refractivity contribution is 5.85. The van der Waals surface area contributed by atoms with E-state index in [-0.39, 0.29) is 12.4 Å². The fraction of sp³-hybridized carbons (Fsp3) is 0.467. The lowest BCUT2D eigenvalue weighted by atomic mass is 10.1. The summed E-state index contributed by atoms with van der Waals surface area (Å²) in [5, 5.41) is 3.98. The molecule has 0 saturated heterocycles. The van der Waals surface area contributed by atoms with Crippen LogP contribution in [0.3, 0.4) is 0 Å². The van der Waals surface area contributed by atoms with Gasteiger partial charge in [-0.05, 0) is 11.5 Å². The monoisotopic (exact) mass is 311 g/mol. The molecule has 0 aliphatic heterocycles. The van der Waals surface area contributed by atoms with Gasteiger partial charge in [0.15, 0.2) is 0 Å². The van der Waals surface area contributed by atoms with Gasteiger partial charge in [0, 0.05) is 18.7 Å². The van der Waals surface area contributed by atoms with E-state index in [0.717, 1.165) is 17.7 Å². The number of nitrogens with zero attached hydrogens (tertiary/aromatic N) is 2. The maximum atomic E-state index is 5.57. The first kappa shape index (κ1) is 17.6. The number of rotatable bonds is 7. The molecule has 0 saturated carbocycles. The molecule has 21 heavy (non-hydrogen) atoms. The smallest absolute Gasteiger partial charge is 0.229 e. The van der Waals surface area contributed by atoms with E-state index in [9.17, 15) is 0 Å². The minimum absolute atomic E-state index is 0. The largest absolute Gasteiger partial charge is 0.381 e. The van der Waals surface area contributed by atoms with E-state index >= 15 is 0 Å². The molecule has 0 spiro atoms. The standard InChI is InChI=1S/C15H21N3O2.ClH/c1-11(2)10-19-8-7-14-17-15(18-20-14)13-5-3-12(9-16)4-6-13;/h3-6,11H,7-10,16H2,1-2H3;1H. The van der Waals surface area contributed by atoms with Crippen LogP contribution in [0.15, 0.2) is 28.8 Å². The van der Waals surface area contributed by atoms with Crippen molar-refractivity contribution in [3.8, 4) is 11.4 Å². The summed E-state index contributed by atoms with van der Waals surface area (Å²) in [7, 11) is 0. The molecule has 5 nitrogen and oxygen atoms in total. The van der Waals surface area contributed by atoms with E-state index in [4.69, 9.17) is 15.0 Å². The molecule has 1 heterocycles. The predicted octanol–water partition coefficient (Wildman–Crippen LogP) is 2.83. The second kappa shape index (κ2) is 8.77. The van der Waals surface area contributed by atoms with Gasteiger partial charge in [-0.3, -0.25) is 0 Å². The highest BCUT2D eigenvalue weighted by Crippen LogP contribution is 2.16. The zero-order chi connectivity index (χ0) is 14.4. The van der Waals surface area contributed by atoms with Gasteiger partial charge in [-0.15, -0.1) is 12.4 Å². The highest BCUT2D eigenvalue weighted by atomic mass is 35.5. The lowest BCUT2D eigenvalue weighted by molar-refractivity contribution is 0.108. The Bertz CT molecular complexity index is 526. The van der Waals surface area contributed by atoms with Crippen molar-refractivity contribution in [2.75, 3.05) is 13.2 Å². The van der Waals surface area contributed by atoms with Crippen molar-refractivity contribution in [2.24, 2.45) is 11.7 Å². The van der Waals surface area contributed by atoms with Crippen LogP contribution in [-0.4, -0.2) is 23.4 Å². The maximum absolute atomic E-state index is 5.57. The van der Waals surface area contributed by atoms with Crippen molar-refractivity contribution < 1.29 is 9.26 Å². The number of benzene rings is 1. The second-order valence-corrected chi connectivity index (χ2v) is 5.13. The van der Waals surface area contributed by atoms with Crippen molar-refractivity contribution in [1.29, 1.82) is 0 Å². The van der Waals surface area contributed by atoms with E-state index < -0.39 is 0 Å². The molecule has 0 aliphatic carbocycles. The van der Waals surface area contributed by atoms with Gasteiger partial charge in [-0.25, -0.2) is 0 Å². The number of hydrogen-bond donors (Lipinski definition) is 1. The van der Waals surface area contributed by atoms with Gasteiger partial charge in [0.1, 0.15) is 0 Å². The van der Waals surface area contributed by atoms with Gasteiger partial charge >= 0.3 is 0 Å². The first-order valence-electron chi connectivity index (χ1n) is 6.88. The first-order valence-corrected chi connectivity index (χ1v) is 6.88. The van der Waals surface area contributed by atoms with Crippen molar-refractivity contribution >= 4 is 12.4 Å². The maximum Gasteiger partial charge on any atom is 0.229 e. The first-order chi connectivity index (χ1) is 9.69. The number of aromatic nitrogens is 2. The van der Waals surface area contributed by atoms with E-state index in [1.807, 2.05) is 24.3 Å². The van der Waals surface area contributed by atoms with Gasteiger partial charge in [0.05, 0.1) is 13.0 Å². The van der Waals surface area contributed by atoms with Gasteiger partial charge in [0.2, 0.25) is 11.7 Å². The van der Waals surface area contributed by atoms with Crippen LogP contribution in [0, 0.1) is 5.92 Å². The third-order valence-electron chi connectivity index (χ3n) is 2.83. The molecule has 2 aromatic rings. The summed E-state index contributed by atoms with van der Waals surface area (Å²) in [6, 6.07) is 7.84. The lowest BCUT2D eigenvalue weighted by Crippen LogP contribution is -2.05. The number of hydrogen-bond acceptors (Lipinski definition) is 5. The van der Waals surface area contributed by atoms with Crippen molar-refractivity contribution in [1.82, 2.24) is 10.1 Å². The van der Waals surface area contributed by atoms with Crippen LogP contribution in [0.4, 0.5) is 0 Å². The summed E-state index contributed by atoms with van der Waals surface area (Å²) in [6.07, 6.45) is 0.639. The molecule has 6 heteroatoms. The lowest BCUT2D eigenvalue weighted by Gasteiger charge is -2.04. The number of halogens is 1. The topological polar surface area (TPSA) is 74.2 Å². The molecular weight excluding hydrogens is 290 g/mol. The van der Waals surface area contributed by atoms with Crippen molar-refractivity contribution in [2.45, 2.75) is 26.8 Å². The third-order valence-corrected chi connectivity index (χ3v) is 2.83. The summed E-state index contributed by atoms with van der Waals surface area (Å²) in [4.78, 5) is 4.36. The fourth-order valence-electron chi connectivity index (χ4n) is 1.74. The van der Waals surface area contributed by atoms with Crippen molar-refractivity contribution in [3.63, 3.8) is 0 Å². The molecular formula is C15H22ClN3O2. The molecule has 1 aromatic heterocycles. The molecule has 0 atom stereocenters. The highest BCUT2D eigenvalue weighted by Gasteiger charge is 2.08. The van der Waals surface area contributed by atoms with Crippen LogP contribution in [0.1, 0.15) is 25.3 Å². The summed E-state index contributed by atoms with van der Waals surface area (Å²) < 4.78 is 10.7. The molecule has 0 radical (unpaired) electrons. The summed E-state index contributed by atoms with van der Waals surface area (Å²) in [5.74, 6) is 1.74. The number of ether oxygens (including phenoxy) is 1. The molecule has 2 N–H and O–H groups in total. The van der Waals surface area contributed by atoms with Crippen LogP contribution >= 0.6 is 12.4 Å². The zero-order valence-electron chi connectivity index (χ0n) is 12.4. The van der Waals surface area contributed by atoms with Crippen LogP contribution in [0.2, 0.25) is 0 Å². The SMILES string of the molecule is CC(C)COCCc1nc(-c2ccc(CN)cc2)no1.Cl. The normalized spacial score (nSPS) is 10.7. The summed E-state index contributed by atoms with van der Waals surface area (Å²) >= 11 is 0. The van der Waals surface area contributed by atoms with E-state index in [1.54, 1.807) is 0 Å². The molecule has 0 fully saturated rings. The quantitative estimate of drug-likeness (QED) is 0.796. The van der Waals surface area contributed by atoms with Crippen LogP contribution in [0.25, 0.3) is 11.4 Å². The zero-order valence-corrected chi connectivity index (χ0v) is 13.2. The Morgan fingerprint density at radius 3 is 2.57 bits per heavy atom. The van der Waals surface area contributed by atoms with E-state index in [2.05, 4.69) is 24.0 Å². The Balaban J connectivity index is 0.00000220.